The van der Waals surface area contributed by atoms with Crippen LogP contribution >= 0.6 is 0 Å². The van der Waals surface area contributed by atoms with E-state index in [1.165, 1.54) is 11.1 Å². The predicted octanol–water partition coefficient (Wildman–Crippen LogP) is 5.04. The molecule has 1 amide bonds. The first-order chi connectivity index (χ1) is 13.5. The smallest absolute Gasteiger partial charge is 0.257 e. The maximum absolute atomic E-state index is 12.6. The molecule has 0 aliphatic carbocycles. The number of benzene rings is 2. The number of pyridine rings is 1. The van der Waals surface area contributed by atoms with E-state index in [-0.39, 0.29) is 12.0 Å². The predicted molar refractivity (Wildman–Crippen MR) is 113 cm³/mol. The molecule has 0 spiro atoms. The summed E-state index contributed by atoms with van der Waals surface area (Å²) in [5.41, 5.74) is 3.57. The zero-order chi connectivity index (χ0) is 19.9. The fourth-order valence-electron chi connectivity index (χ4n) is 2.75. The molecular weight excluding hydrogens is 350 g/mol. The molecule has 3 aromatic rings. The van der Waals surface area contributed by atoms with E-state index in [1.54, 1.807) is 12.3 Å². The second-order valence-corrected chi connectivity index (χ2v) is 6.83. The van der Waals surface area contributed by atoms with Gasteiger partial charge in [0.1, 0.15) is 11.6 Å². The van der Waals surface area contributed by atoms with Crippen LogP contribution < -0.4 is 15.4 Å². The summed E-state index contributed by atoms with van der Waals surface area (Å²) >= 11 is 0. The Labute approximate surface area is 165 Å². The minimum Gasteiger partial charge on any atom is -0.489 e. The Morgan fingerprint density at radius 1 is 1.04 bits per heavy atom. The number of nitrogens with zero attached hydrogens (tertiary/aromatic N) is 1. The van der Waals surface area contributed by atoms with Crippen molar-refractivity contribution in [1.29, 1.82) is 0 Å². The number of hydrogen-bond donors (Lipinski definition) is 2. The number of amides is 1. The van der Waals surface area contributed by atoms with Gasteiger partial charge in [0, 0.05) is 12.7 Å². The minimum absolute atomic E-state index is 0.0262. The molecule has 144 valence electrons. The molecule has 5 heteroatoms. The zero-order valence-electron chi connectivity index (χ0n) is 16.4. The first-order valence-electron chi connectivity index (χ1n) is 9.34. The Balaban J connectivity index is 1.63. The molecule has 2 aromatic carbocycles. The summed E-state index contributed by atoms with van der Waals surface area (Å²) in [6.45, 7) is 6.67. The summed E-state index contributed by atoms with van der Waals surface area (Å²) < 4.78 is 5.74. The van der Waals surface area contributed by atoms with Crippen LogP contribution in [0.5, 0.6) is 5.75 Å². The number of carbonyl (C=O) groups excluding carboxylic acids is 1. The zero-order valence-corrected chi connectivity index (χ0v) is 16.4. The second-order valence-electron chi connectivity index (χ2n) is 6.83. The molecule has 2 N–H and O–H groups in total. The van der Waals surface area contributed by atoms with Crippen LogP contribution in [0.4, 0.5) is 11.5 Å². The van der Waals surface area contributed by atoms with E-state index < -0.39 is 0 Å². The van der Waals surface area contributed by atoms with Gasteiger partial charge in [-0.1, -0.05) is 36.4 Å². The number of para-hydroxylation sites is 2. The van der Waals surface area contributed by atoms with Gasteiger partial charge >= 0.3 is 0 Å². The van der Waals surface area contributed by atoms with Gasteiger partial charge in [-0.15, -0.1) is 0 Å². The lowest BCUT2D eigenvalue weighted by molar-refractivity contribution is 0.102. The lowest BCUT2D eigenvalue weighted by atomic mass is 10.1. The highest BCUT2D eigenvalue weighted by Gasteiger charge is 2.11. The largest absolute Gasteiger partial charge is 0.489 e. The summed E-state index contributed by atoms with van der Waals surface area (Å²) in [5.74, 6) is 1.15. The molecule has 1 heterocycles. The number of hydrogen-bond acceptors (Lipinski definition) is 4. The third-order valence-electron chi connectivity index (χ3n) is 4.24. The number of rotatable bonds is 7. The summed E-state index contributed by atoms with van der Waals surface area (Å²) in [7, 11) is 0. The lowest BCUT2D eigenvalue weighted by Crippen LogP contribution is -2.15. The number of aromatic nitrogens is 1. The molecule has 0 bridgehead atoms. The van der Waals surface area contributed by atoms with Crippen molar-refractivity contribution in [1.82, 2.24) is 4.98 Å². The molecular formula is C23H25N3O2. The van der Waals surface area contributed by atoms with E-state index in [0.29, 0.717) is 23.5 Å². The van der Waals surface area contributed by atoms with Crippen molar-refractivity contribution < 1.29 is 9.53 Å². The lowest BCUT2D eigenvalue weighted by Gasteiger charge is -2.15. The Morgan fingerprint density at radius 3 is 2.50 bits per heavy atom. The van der Waals surface area contributed by atoms with Crippen LogP contribution in [0.1, 0.15) is 35.3 Å². The summed E-state index contributed by atoms with van der Waals surface area (Å²) in [6, 6.07) is 19.2. The fourth-order valence-corrected chi connectivity index (χ4v) is 2.75. The summed E-state index contributed by atoms with van der Waals surface area (Å²) in [5, 5.41) is 6.18. The van der Waals surface area contributed by atoms with Crippen LogP contribution in [-0.2, 0) is 6.54 Å². The number of anilines is 2. The van der Waals surface area contributed by atoms with Gasteiger partial charge in [0.25, 0.3) is 5.91 Å². The van der Waals surface area contributed by atoms with Crippen LogP contribution in [0, 0.1) is 6.92 Å². The highest BCUT2D eigenvalue weighted by molar-refractivity contribution is 6.04. The molecule has 0 saturated heterocycles. The molecule has 0 fully saturated rings. The summed E-state index contributed by atoms with van der Waals surface area (Å²) in [4.78, 5) is 16.9. The molecule has 3 rings (SSSR count). The number of nitrogens with one attached hydrogen (secondary N) is 2. The number of ether oxygens (including phenoxy) is 1. The van der Waals surface area contributed by atoms with Crippen molar-refractivity contribution in [3.63, 3.8) is 0 Å². The molecule has 0 aliphatic rings. The average Bonchev–Trinajstić information content (AvgIpc) is 2.69. The van der Waals surface area contributed by atoms with Gasteiger partial charge < -0.3 is 15.4 Å². The Kier molecular flexibility index (Phi) is 6.27. The standard InChI is InChI=1S/C23H25N3O2/c1-16(2)28-21-11-7-6-10-20(21)26-23(27)19-12-13-22(25-15-19)24-14-18-9-5-4-8-17(18)3/h4-13,15-16H,14H2,1-3H3,(H,24,25)(H,26,27). The van der Waals surface area contributed by atoms with Crippen LogP contribution in [0.25, 0.3) is 0 Å². The Morgan fingerprint density at radius 2 is 1.79 bits per heavy atom. The molecule has 0 saturated carbocycles. The van der Waals surface area contributed by atoms with Crippen LogP contribution in [0.15, 0.2) is 66.9 Å². The maximum Gasteiger partial charge on any atom is 0.257 e. The van der Waals surface area contributed by atoms with Gasteiger partial charge in [0.2, 0.25) is 0 Å². The van der Waals surface area contributed by atoms with Gasteiger partial charge in [0.15, 0.2) is 0 Å². The van der Waals surface area contributed by atoms with Gasteiger partial charge in [-0.3, -0.25) is 4.79 Å². The first kappa shape index (κ1) is 19.4. The molecule has 5 nitrogen and oxygen atoms in total. The van der Waals surface area contributed by atoms with Crippen molar-refractivity contribution in [3.05, 3.63) is 83.6 Å². The first-order valence-corrected chi connectivity index (χ1v) is 9.34. The van der Waals surface area contributed by atoms with Crippen molar-refractivity contribution >= 4 is 17.4 Å². The van der Waals surface area contributed by atoms with E-state index >= 15 is 0 Å². The highest BCUT2D eigenvalue weighted by Crippen LogP contribution is 2.25. The van der Waals surface area contributed by atoms with Crippen molar-refractivity contribution in [3.8, 4) is 5.75 Å². The van der Waals surface area contributed by atoms with E-state index in [2.05, 4.69) is 34.7 Å². The van der Waals surface area contributed by atoms with E-state index in [0.717, 1.165) is 5.82 Å². The van der Waals surface area contributed by atoms with Crippen LogP contribution in [-0.4, -0.2) is 17.0 Å². The van der Waals surface area contributed by atoms with E-state index in [4.69, 9.17) is 4.74 Å². The molecule has 0 radical (unpaired) electrons. The SMILES string of the molecule is Cc1ccccc1CNc1ccc(C(=O)Nc2ccccc2OC(C)C)cn1. The van der Waals surface area contributed by atoms with Gasteiger partial charge in [-0.2, -0.15) is 0 Å². The van der Waals surface area contributed by atoms with Gasteiger partial charge in [-0.25, -0.2) is 4.98 Å². The van der Waals surface area contributed by atoms with Crippen molar-refractivity contribution in [2.75, 3.05) is 10.6 Å². The molecule has 0 aliphatic heterocycles. The maximum atomic E-state index is 12.6. The fraction of sp³-hybridized carbons (Fsp3) is 0.217. The number of aryl methyl sites for hydroxylation is 1. The molecule has 1 aromatic heterocycles. The topological polar surface area (TPSA) is 63.2 Å². The molecule has 28 heavy (non-hydrogen) atoms. The van der Waals surface area contributed by atoms with Gasteiger partial charge in [0.05, 0.1) is 17.4 Å². The van der Waals surface area contributed by atoms with Gasteiger partial charge in [-0.05, 0) is 56.2 Å². The number of carbonyl (C=O) groups is 1. The van der Waals surface area contributed by atoms with E-state index in [9.17, 15) is 4.79 Å². The van der Waals surface area contributed by atoms with Crippen molar-refractivity contribution in [2.45, 2.75) is 33.4 Å². The molecule has 0 atom stereocenters. The normalized spacial score (nSPS) is 10.6. The monoisotopic (exact) mass is 375 g/mol. The van der Waals surface area contributed by atoms with Crippen LogP contribution in [0.2, 0.25) is 0 Å². The average molecular weight is 375 g/mol. The Hall–Kier alpha value is -3.34. The third-order valence-corrected chi connectivity index (χ3v) is 4.24. The highest BCUT2D eigenvalue weighted by atomic mass is 16.5. The van der Waals surface area contributed by atoms with Crippen LogP contribution in [0.3, 0.4) is 0 Å². The quantitative estimate of drug-likeness (QED) is 0.607. The Bertz CT molecular complexity index is 937. The second kappa shape index (κ2) is 9.04. The summed E-state index contributed by atoms with van der Waals surface area (Å²) in [6.07, 6.45) is 1.60. The molecule has 0 unspecified atom stereocenters. The minimum atomic E-state index is -0.224. The van der Waals surface area contributed by atoms with E-state index in [1.807, 2.05) is 56.3 Å². The third kappa shape index (κ3) is 5.10. The van der Waals surface area contributed by atoms with Crippen molar-refractivity contribution in [2.24, 2.45) is 0 Å².